The fourth-order valence-electron chi connectivity index (χ4n) is 0.518. The van der Waals surface area contributed by atoms with Gasteiger partial charge >= 0.3 is 0 Å². The molecule has 0 spiro atoms. The molecule has 8 heavy (non-hydrogen) atoms. The fraction of sp³-hybridized carbons (Fsp3) is 0.200. The molecule has 1 rings (SSSR count). The van der Waals surface area contributed by atoms with E-state index in [2.05, 4.69) is 18.1 Å². The summed E-state index contributed by atoms with van der Waals surface area (Å²) in [6.07, 6.45) is 5.74. The van der Waals surface area contributed by atoms with Crippen LogP contribution < -0.4 is 5.43 Å². The summed E-state index contributed by atoms with van der Waals surface area (Å²) in [7, 11) is 1.92. The van der Waals surface area contributed by atoms with Crippen LogP contribution in [0, 0.1) is 0 Å². The Hall–Kier alpha value is -0.570. The van der Waals surface area contributed by atoms with E-state index in [9.17, 15) is 0 Å². The first-order chi connectivity index (χ1) is 3.79. The van der Waals surface area contributed by atoms with Crippen molar-refractivity contribution in [1.82, 2.24) is 10.4 Å². The van der Waals surface area contributed by atoms with Crippen molar-refractivity contribution in [1.29, 1.82) is 0 Å². The molecule has 3 heteroatoms. The number of nitrogens with one attached hydrogen (secondary N) is 1. The zero-order valence-electron chi connectivity index (χ0n) is 4.63. The Labute approximate surface area is 54.2 Å². The Kier molecular flexibility index (Phi) is 1.48. The van der Waals surface area contributed by atoms with Crippen LogP contribution in [0.3, 0.4) is 0 Å². The molecule has 0 amide bonds. The van der Waals surface area contributed by atoms with E-state index in [1.54, 1.807) is 0 Å². The van der Waals surface area contributed by atoms with Gasteiger partial charge in [0.2, 0.25) is 0 Å². The second kappa shape index (κ2) is 2.13. The third-order valence-electron chi connectivity index (χ3n) is 0.855. The van der Waals surface area contributed by atoms with Crippen LogP contribution >= 0.6 is 12.6 Å². The van der Waals surface area contributed by atoms with Crippen molar-refractivity contribution in [3.63, 3.8) is 0 Å². The molecule has 0 saturated heterocycles. The summed E-state index contributed by atoms with van der Waals surface area (Å²) in [5, 5.41) is 2.71. The molecule has 0 saturated carbocycles. The predicted molar refractivity (Wildman–Crippen MR) is 37.1 cm³/mol. The molecule has 0 aromatic rings. The smallest absolute Gasteiger partial charge is 0.0841 e. The van der Waals surface area contributed by atoms with Crippen molar-refractivity contribution in [3.05, 3.63) is 23.4 Å². The molecule has 0 aromatic heterocycles. The van der Waals surface area contributed by atoms with E-state index in [0.29, 0.717) is 0 Å². The van der Waals surface area contributed by atoms with E-state index in [1.807, 2.05) is 30.4 Å². The third-order valence-corrected chi connectivity index (χ3v) is 1.10. The van der Waals surface area contributed by atoms with Gasteiger partial charge in [0.05, 0.1) is 5.03 Å². The lowest BCUT2D eigenvalue weighted by molar-refractivity contribution is 0.378. The Morgan fingerprint density at radius 1 is 1.75 bits per heavy atom. The molecule has 0 aliphatic carbocycles. The molecule has 0 bridgehead atoms. The van der Waals surface area contributed by atoms with Crippen LogP contribution in [0.15, 0.2) is 23.4 Å². The van der Waals surface area contributed by atoms with Crippen LogP contribution in [-0.2, 0) is 0 Å². The number of allylic oxidation sites excluding steroid dienone is 2. The van der Waals surface area contributed by atoms with Gasteiger partial charge in [-0.15, -0.1) is 12.6 Å². The van der Waals surface area contributed by atoms with Crippen LogP contribution in [0.1, 0.15) is 0 Å². The molecule has 2 nitrogen and oxygen atoms in total. The van der Waals surface area contributed by atoms with Gasteiger partial charge in [0.1, 0.15) is 0 Å². The minimum absolute atomic E-state index is 0.870. The highest BCUT2D eigenvalue weighted by Crippen LogP contribution is 2.00. The van der Waals surface area contributed by atoms with Gasteiger partial charge in [-0.2, -0.15) is 0 Å². The lowest BCUT2D eigenvalue weighted by Gasteiger charge is -2.18. The van der Waals surface area contributed by atoms with E-state index >= 15 is 0 Å². The van der Waals surface area contributed by atoms with Gasteiger partial charge in [-0.25, -0.2) is 0 Å². The zero-order valence-corrected chi connectivity index (χ0v) is 5.52. The van der Waals surface area contributed by atoms with Crippen LogP contribution in [0.4, 0.5) is 0 Å². The standard InChI is InChI=1S/C5H8N2S/c1-7-4-2-3-5(8)6-7/h2-4,6,8H,1H3. The summed E-state index contributed by atoms with van der Waals surface area (Å²) in [4.78, 5) is 0. The highest BCUT2D eigenvalue weighted by atomic mass is 32.1. The molecule has 0 atom stereocenters. The maximum absolute atomic E-state index is 4.08. The van der Waals surface area contributed by atoms with Crippen molar-refractivity contribution < 1.29 is 0 Å². The number of rotatable bonds is 0. The minimum Gasteiger partial charge on any atom is -0.298 e. The zero-order chi connectivity index (χ0) is 5.98. The van der Waals surface area contributed by atoms with Gasteiger partial charge in [0, 0.05) is 13.2 Å². The summed E-state index contributed by atoms with van der Waals surface area (Å²) in [6, 6.07) is 0. The summed E-state index contributed by atoms with van der Waals surface area (Å²) >= 11 is 4.08. The van der Waals surface area contributed by atoms with E-state index in [1.165, 1.54) is 0 Å². The molecule has 1 aliphatic heterocycles. The first-order valence-corrected chi connectivity index (χ1v) is 2.81. The molecular formula is C5H8N2S. The summed E-state index contributed by atoms with van der Waals surface area (Å²) in [6.45, 7) is 0. The van der Waals surface area contributed by atoms with Crippen LogP contribution in [0.5, 0.6) is 0 Å². The van der Waals surface area contributed by atoms with E-state index in [-0.39, 0.29) is 0 Å². The predicted octanol–water partition coefficient (Wildman–Crippen LogP) is 0.721. The maximum atomic E-state index is 4.08. The SMILES string of the molecule is CN1C=CC=C(S)N1. The van der Waals surface area contributed by atoms with Crippen molar-refractivity contribution in [2.45, 2.75) is 0 Å². The lowest BCUT2D eigenvalue weighted by Crippen LogP contribution is -2.28. The molecule has 1 N–H and O–H groups in total. The van der Waals surface area contributed by atoms with E-state index < -0.39 is 0 Å². The van der Waals surface area contributed by atoms with E-state index in [0.717, 1.165) is 5.03 Å². The normalized spacial score (nSPS) is 17.8. The molecule has 1 heterocycles. The molecule has 0 unspecified atom stereocenters. The first-order valence-electron chi connectivity index (χ1n) is 2.36. The monoisotopic (exact) mass is 128 g/mol. The maximum Gasteiger partial charge on any atom is 0.0841 e. The lowest BCUT2D eigenvalue weighted by atomic mass is 10.5. The quantitative estimate of drug-likeness (QED) is 0.467. The highest BCUT2D eigenvalue weighted by molar-refractivity contribution is 7.84. The number of hydrazine groups is 1. The Bertz CT molecular complexity index is 139. The number of thiol groups is 1. The van der Waals surface area contributed by atoms with Gasteiger partial charge in [0.15, 0.2) is 0 Å². The van der Waals surface area contributed by atoms with Crippen molar-refractivity contribution in [3.8, 4) is 0 Å². The second-order valence-corrected chi connectivity index (χ2v) is 2.10. The summed E-state index contributed by atoms with van der Waals surface area (Å²) in [5.41, 5.74) is 2.95. The molecular weight excluding hydrogens is 120 g/mol. The first kappa shape index (κ1) is 5.56. The average molecular weight is 128 g/mol. The molecule has 44 valence electrons. The second-order valence-electron chi connectivity index (χ2n) is 1.62. The van der Waals surface area contributed by atoms with Crippen molar-refractivity contribution in [2.75, 3.05) is 7.05 Å². The molecule has 0 fully saturated rings. The average Bonchev–Trinajstić information content (AvgIpc) is 1.64. The topological polar surface area (TPSA) is 15.3 Å². The summed E-state index contributed by atoms with van der Waals surface area (Å²) in [5.74, 6) is 0. The Morgan fingerprint density at radius 2 is 2.50 bits per heavy atom. The number of nitrogens with zero attached hydrogens (tertiary/aromatic N) is 1. The van der Waals surface area contributed by atoms with Crippen molar-refractivity contribution >= 4 is 12.6 Å². The molecule has 0 radical (unpaired) electrons. The van der Waals surface area contributed by atoms with Gasteiger partial charge < -0.3 is 0 Å². The van der Waals surface area contributed by atoms with Gasteiger partial charge in [-0.1, -0.05) is 0 Å². The Balaban J connectivity index is 2.59. The molecule has 1 aliphatic rings. The van der Waals surface area contributed by atoms with Crippen LogP contribution in [0.25, 0.3) is 0 Å². The minimum atomic E-state index is 0.870. The van der Waals surface area contributed by atoms with Gasteiger partial charge in [-0.3, -0.25) is 10.4 Å². The largest absolute Gasteiger partial charge is 0.298 e. The molecule has 0 aromatic carbocycles. The third kappa shape index (κ3) is 1.20. The number of hydrogen-bond donors (Lipinski definition) is 2. The highest BCUT2D eigenvalue weighted by Gasteiger charge is 1.93. The van der Waals surface area contributed by atoms with Gasteiger partial charge in [-0.05, 0) is 12.2 Å². The van der Waals surface area contributed by atoms with Crippen molar-refractivity contribution in [2.24, 2.45) is 0 Å². The van der Waals surface area contributed by atoms with Gasteiger partial charge in [0.25, 0.3) is 0 Å². The van der Waals surface area contributed by atoms with Crippen LogP contribution in [-0.4, -0.2) is 12.1 Å². The fourth-order valence-corrected chi connectivity index (χ4v) is 0.762. The number of hydrogen-bond acceptors (Lipinski definition) is 3. The Morgan fingerprint density at radius 3 is 2.88 bits per heavy atom. The van der Waals surface area contributed by atoms with Crippen LogP contribution in [0.2, 0.25) is 0 Å². The van der Waals surface area contributed by atoms with E-state index in [4.69, 9.17) is 0 Å². The summed E-state index contributed by atoms with van der Waals surface area (Å²) < 4.78 is 0.